The van der Waals surface area contributed by atoms with Crippen LogP contribution >= 0.6 is 0 Å². The molecule has 0 aromatic rings. The van der Waals surface area contributed by atoms with E-state index < -0.39 is 0 Å². The smallest absolute Gasteiger partial charge is 0.222 e. The first-order chi connectivity index (χ1) is 9.18. The highest BCUT2D eigenvalue weighted by Gasteiger charge is 2.26. The summed E-state index contributed by atoms with van der Waals surface area (Å²) in [5, 5.41) is 3.46. The number of rotatable bonds is 4. The summed E-state index contributed by atoms with van der Waals surface area (Å²) in [7, 11) is 2.02. The third-order valence-electron chi connectivity index (χ3n) is 5.15. The fourth-order valence-corrected chi connectivity index (χ4v) is 3.62. The maximum Gasteiger partial charge on any atom is 0.222 e. The molecule has 1 N–H and O–H groups in total. The van der Waals surface area contributed by atoms with Crippen LogP contribution in [-0.2, 0) is 4.79 Å². The van der Waals surface area contributed by atoms with Crippen LogP contribution in [0.5, 0.6) is 0 Å². The number of hydrogen-bond donors (Lipinski definition) is 1. The Balaban J connectivity index is 1.78. The lowest BCUT2D eigenvalue weighted by Gasteiger charge is -2.33. The van der Waals surface area contributed by atoms with E-state index in [1.54, 1.807) is 0 Å². The molecule has 0 spiro atoms. The van der Waals surface area contributed by atoms with Gasteiger partial charge in [-0.3, -0.25) is 4.79 Å². The minimum atomic E-state index is 0.366. The van der Waals surface area contributed by atoms with Crippen molar-refractivity contribution >= 4 is 5.91 Å². The first kappa shape index (κ1) is 14.8. The number of carbonyl (C=O) groups excluding carboxylic acids is 1. The molecule has 19 heavy (non-hydrogen) atoms. The van der Waals surface area contributed by atoms with Crippen molar-refractivity contribution < 1.29 is 4.79 Å². The highest BCUT2D eigenvalue weighted by Crippen LogP contribution is 2.26. The Morgan fingerprint density at radius 2 is 1.95 bits per heavy atom. The molecule has 1 saturated heterocycles. The summed E-state index contributed by atoms with van der Waals surface area (Å²) in [5.41, 5.74) is 0. The minimum Gasteiger partial charge on any atom is -0.343 e. The summed E-state index contributed by atoms with van der Waals surface area (Å²) in [6, 6.07) is 0.512. The van der Waals surface area contributed by atoms with Crippen LogP contribution in [0.2, 0.25) is 0 Å². The van der Waals surface area contributed by atoms with Gasteiger partial charge in [0.1, 0.15) is 0 Å². The van der Waals surface area contributed by atoms with Gasteiger partial charge in [0.25, 0.3) is 0 Å². The number of piperidine rings is 1. The zero-order valence-corrected chi connectivity index (χ0v) is 12.7. The van der Waals surface area contributed by atoms with E-state index in [0.29, 0.717) is 23.8 Å². The van der Waals surface area contributed by atoms with E-state index in [1.807, 2.05) is 11.9 Å². The zero-order valence-electron chi connectivity index (χ0n) is 12.7. The molecule has 2 unspecified atom stereocenters. The van der Waals surface area contributed by atoms with Crippen molar-refractivity contribution in [2.24, 2.45) is 11.8 Å². The lowest BCUT2D eigenvalue weighted by Crippen LogP contribution is -2.40. The van der Waals surface area contributed by atoms with Gasteiger partial charge in [0.05, 0.1) is 0 Å². The van der Waals surface area contributed by atoms with Crippen molar-refractivity contribution in [3.8, 4) is 0 Å². The summed E-state index contributed by atoms with van der Waals surface area (Å²) in [6.45, 7) is 4.50. The molecular weight excluding hydrogens is 236 g/mol. The van der Waals surface area contributed by atoms with Gasteiger partial charge in [0.15, 0.2) is 0 Å². The fraction of sp³-hybridized carbons (Fsp3) is 0.938. The van der Waals surface area contributed by atoms with Gasteiger partial charge in [-0.15, -0.1) is 0 Å². The normalized spacial score (nSPS) is 26.9. The molecule has 0 bridgehead atoms. The van der Waals surface area contributed by atoms with Gasteiger partial charge in [0, 0.05) is 19.5 Å². The molecule has 2 rings (SSSR count). The molecule has 2 atom stereocenters. The van der Waals surface area contributed by atoms with E-state index in [1.165, 1.54) is 44.9 Å². The van der Waals surface area contributed by atoms with Gasteiger partial charge in [0.2, 0.25) is 5.91 Å². The summed E-state index contributed by atoms with van der Waals surface area (Å²) < 4.78 is 0. The van der Waals surface area contributed by atoms with Crippen LogP contribution in [-0.4, -0.2) is 37.0 Å². The van der Waals surface area contributed by atoms with E-state index >= 15 is 0 Å². The van der Waals surface area contributed by atoms with Crippen LogP contribution in [0, 0.1) is 11.8 Å². The molecule has 1 saturated carbocycles. The second-order valence-electron chi connectivity index (χ2n) is 6.58. The van der Waals surface area contributed by atoms with Crippen LogP contribution in [0.3, 0.4) is 0 Å². The predicted octanol–water partition coefficient (Wildman–Crippen LogP) is 2.80. The SMILES string of the molecule is CC(CC(=O)N(C)C1CCCCC1)C1CCCNC1. The van der Waals surface area contributed by atoms with Crippen molar-refractivity contribution in [3.63, 3.8) is 0 Å². The van der Waals surface area contributed by atoms with E-state index in [9.17, 15) is 4.79 Å². The van der Waals surface area contributed by atoms with Gasteiger partial charge in [-0.1, -0.05) is 26.2 Å². The van der Waals surface area contributed by atoms with Crippen molar-refractivity contribution in [1.82, 2.24) is 10.2 Å². The molecule has 2 fully saturated rings. The third-order valence-corrected chi connectivity index (χ3v) is 5.15. The fourth-order valence-electron chi connectivity index (χ4n) is 3.62. The van der Waals surface area contributed by atoms with Crippen molar-refractivity contribution in [2.75, 3.05) is 20.1 Å². The Morgan fingerprint density at radius 1 is 1.21 bits per heavy atom. The standard InChI is InChI=1S/C16H30N2O/c1-13(14-7-6-10-17-12-14)11-16(19)18(2)15-8-4-3-5-9-15/h13-15,17H,3-12H2,1-2H3. The second kappa shape index (κ2) is 7.28. The molecule has 2 aliphatic rings. The molecule has 0 aromatic carbocycles. The number of nitrogens with one attached hydrogen (secondary N) is 1. The van der Waals surface area contributed by atoms with Gasteiger partial charge in [-0.05, 0) is 50.6 Å². The zero-order chi connectivity index (χ0) is 13.7. The lowest BCUT2D eigenvalue weighted by molar-refractivity contribution is -0.133. The quantitative estimate of drug-likeness (QED) is 0.848. The Hall–Kier alpha value is -0.570. The van der Waals surface area contributed by atoms with Crippen molar-refractivity contribution in [2.45, 2.75) is 64.3 Å². The van der Waals surface area contributed by atoms with Gasteiger partial charge < -0.3 is 10.2 Å². The summed E-state index contributed by atoms with van der Waals surface area (Å²) in [4.78, 5) is 14.4. The van der Waals surface area contributed by atoms with Crippen LogP contribution in [0.15, 0.2) is 0 Å². The molecule has 1 aliphatic heterocycles. The Bertz CT molecular complexity index is 280. The molecule has 0 aromatic heterocycles. The molecule has 3 nitrogen and oxygen atoms in total. The second-order valence-corrected chi connectivity index (χ2v) is 6.58. The van der Waals surface area contributed by atoms with Crippen LogP contribution < -0.4 is 5.32 Å². The first-order valence-electron chi connectivity index (χ1n) is 8.15. The lowest BCUT2D eigenvalue weighted by atomic mass is 9.85. The molecule has 3 heteroatoms. The number of nitrogens with zero attached hydrogens (tertiary/aromatic N) is 1. The number of amides is 1. The van der Waals surface area contributed by atoms with E-state index in [0.717, 1.165) is 19.5 Å². The van der Waals surface area contributed by atoms with E-state index in [2.05, 4.69) is 12.2 Å². The minimum absolute atomic E-state index is 0.366. The van der Waals surface area contributed by atoms with Gasteiger partial charge in [-0.25, -0.2) is 0 Å². The molecule has 1 heterocycles. The number of hydrogen-bond acceptors (Lipinski definition) is 2. The predicted molar refractivity (Wildman–Crippen MR) is 79.0 cm³/mol. The molecular formula is C16H30N2O. The largest absolute Gasteiger partial charge is 0.343 e. The van der Waals surface area contributed by atoms with Gasteiger partial charge >= 0.3 is 0 Å². The van der Waals surface area contributed by atoms with Crippen LogP contribution in [0.4, 0.5) is 0 Å². The maximum atomic E-state index is 12.4. The summed E-state index contributed by atoms with van der Waals surface area (Å²) >= 11 is 0. The van der Waals surface area contributed by atoms with Crippen LogP contribution in [0.1, 0.15) is 58.3 Å². The van der Waals surface area contributed by atoms with Crippen LogP contribution in [0.25, 0.3) is 0 Å². The third kappa shape index (κ3) is 4.20. The molecule has 1 amide bonds. The average molecular weight is 266 g/mol. The van der Waals surface area contributed by atoms with Crippen molar-refractivity contribution in [1.29, 1.82) is 0 Å². The molecule has 1 aliphatic carbocycles. The summed E-state index contributed by atoms with van der Waals surface area (Å²) in [6.07, 6.45) is 9.65. The Labute approximate surface area is 118 Å². The topological polar surface area (TPSA) is 32.3 Å². The molecule has 0 radical (unpaired) electrons. The first-order valence-corrected chi connectivity index (χ1v) is 8.15. The Kier molecular flexibility index (Phi) is 5.68. The summed E-state index contributed by atoms with van der Waals surface area (Å²) in [5.74, 6) is 1.58. The highest BCUT2D eigenvalue weighted by atomic mass is 16.2. The maximum absolute atomic E-state index is 12.4. The van der Waals surface area contributed by atoms with E-state index in [-0.39, 0.29) is 0 Å². The molecule has 110 valence electrons. The van der Waals surface area contributed by atoms with Gasteiger partial charge in [-0.2, -0.15) is 0 Å². The monoisotopic (exact) mass is 266 g/mol. The average Bonchev–Trinajstić information content (AvgIpc) is 2.48. The van der Waals surface area contributed by atoms with E-state index in [4.69, 9.17) is 0 Å². The Morgan fingerprint density at radius 3 is 2.58 bits per heavy atom. The van der Waals surface area contributed by atoms with Crippen molar-refractivity contribution in [3.05, 3.63) is 0 Å². The number of carbonyl (C=O) groups is 1. The highest BCUT2D eigenvalue weighted by molar-refractivity contribution is 5.76.